The first kappa shape index (κ1) is 10.2. The van der Waals surface area contributed by atoms with Crippen molar-refractivity contribution in [2.45, 2.75) is 6.92 Å². The van der Waals surface area contributed by atoms with E-state index in [-0.39, 0.29) is 5.91 Å². The average molecular weight is 210 g/mol. The van der Waals surface area contributed by atoms with Crippen LogP contribution in [0.3, 0.4) is 0 Å². The van der Waals surface area contributed by atoms with Crippen molar-refractivity contribution >= 4 is 22.4 Å². The number of benzene rings is 2. The van der Waals surface area contributed by atoms with E-state index in [4.69, 9.17) is 5.26 Å². The molecule has 0 aromatic heterocycles. The standard InChI is InChI=1S/C13H10N2O/c1-9(16)15-13-7-6-10(8-14)11-4-2-3-5-12(11)13/h2-7H,1H3,(H,15,16). The molecule has 78 valence electrons. The largest absolute Gasteiger partial charge is 0.326 e. The van der Waals surface area contributed by atoms with Crippen LogP contribution in [0.15, 0.2) is 36.4 Å². The summed E-state index contributed by atoms with van der Waals surface area (Å²) in [6.07, 6.45) is 0. The highest BCUT2D eigenvalue weighted by Crippen LogP contribution is 2.26. The first-order valence-corrected chi connectivity index (χ1v) is 4.92. The summed E-state index contributed by atoms with van der Waals surface area (Å²) >= 11 is 0. The summed E-state index contributed by atoms with van der Waals surface area (Å²) in [7, 11) is 0. The van der Waals surface area contributed by atoms with Gasteiger partial charge in [0.05, 0.1) is 11.6 Å². The molecule has 0 aliphatic rings. The molecule has 0 saturated heterocycles. The maximum absolute atomic E-state index is 11.0. The Hall–Kier alpha value is -2.34. The molecule has 2 rings (SSSR count). The van der Waals surface area contributed by atoms with Gasteiger partial charge >= 0.3 is 0 Å². The van der Waals surface area contributed by atoms with Crippen molar-refractivity contribution in [1.82, 2.24) is 0 Å². The molecule has 0 radical (unpaired) electrons. The zero-order chi connectivity index (χ0) is 11.5. The molecule has 2 aromatic carbocycles. The fraction of sp³-hybridized carbons (Fsp3) is 0.0769. The Labute approximate surface area is 93.3 Å². The molecule has 1 N–H and O–H groups in total. The summed E-state index contributed by atoms with van der Waals surface area (Å²) < 4.78 is 0. The number of nitrogens with zero attached hydrogens (tertiary/aromatic N) is 1. The highest BCUT2D eigenvalue weighted by molar-refractivity contribution is 6.03. The number of amides is 1. The summed E-state index contributed by atoms with van der Waals surface area (Å²) in [6, 6.07) is 13.1. The van der Waals surface area contributed by atoms with Gasteiger partial charge in [0.1, 0.15) is 0 Å². The second kappa shape index (κ2) is 4.03. The zero-order valence-corrected chi connectivity index (χ0v) is 8.82. The van der Waals surface area contributed by atoms with E-state index in [0.717, 1.165) is 16.5 Å². The van der Waals surface area contributed by atoms with Crippen LogP contribution in [0.2, 0.25) is 0 Å². The van der Waals surface area contributed by atoms with E-state index in [2.05, 4.69) is 11.4 Å². The molecule has 0 aliphatic heterocycles. The Morgan fingerprint density at radius 2 is 1.88 bits per heavy atom. The highest BCUT2D eigenvalue weighted by atomic mass is 16.1. The highest BCUT2D eigenvalue weighted by Gasteiger charge is 2.05. The van der Waals surface area contributed by atoms with Crippen LogP contribution < -0.4 is 5.32 Å². The van der Waals surface area contributed by atoms with Crippen LogP contribution in [0.4, 0.5) is 5.69 Å². The molecule has 0 spiro atoms. The lowest BCUT2D eigenvalue weighted by Gasteiger charge is -2.07. The minimum Gasteiger partial charge on any atom is -0.326 e. The molecule has 3 heteroatoms. The maximum atomic E-state index is 11.0. The molecule has 0 bridgehead atoms. The van der Waals surface area contributed by atoms with Crippen molar-refractivity contribution in [3.8, 4) is 6.07 Å². The summed E-state index contributed by atoms with van der Waals surface area (Å²) in [5.74, 6) is -0.116. The lowest BCUT2D eigenvalue weighted by atomic mass is 10.0. The first-order chi connectivity index (χ1) is 7.72. The van der Waals surface area contributed by atoms with Crippen molar-refractivity contribution in [3.05, 3.63) is 42.0 Å². The number of carbonyl (C=O) groups excluding carboxylic acids is 1. The molecular formula is C13H10N2O. The van der Waals surface area contributed by atoms with E-state index >= 15 is 0 Å². The van der Waals surface area contributed by atoms with Gasteiger partial charge in [0.2, 0.25) is 5.91 Å². The number of rotatable bonds is 1. The lowest BCUT2D eigenvalue weighted by molar-refractivity contribution is -0.114. The Kier molecular flexibility index (Phi) is 2.57. The third-order valence-electron chi connectivity index (χ3n) is 2.36. The summed E-state index contributed by atoms with van der Waals surface area (Å²) in [5, 5.41) is 13.5. The number of carbonyl (C=O) groups is 1. The molecule has 0 unspecified atom stereocenters. The maximum Gasteiger partial charge on any atom is 0.221 e. The summed E-state index contributed by atoms with van der Waals surface area (Å²) in [4.78, 5) is 11.0. The Morgan fingerprint density at radius 3 is 2.50 bits per heavy atom. The quantitative estimate of drug-likeness (QED) is 0.786. The fourth-order valence-corrected chi connectivity index (χ4v) is 1.70. The van der Waals surface area contributed by atoms with Gasteiger partial charge in [-0.3, -0.25) is 4.79 Å². The van der Waals surface area contributed by atoms with E-state index in [1.54, 1.807) is 12.1 Å². The molecular weight excluding hydrogens is 200 g/mol. The van der Waals surface area contributed by atoms with Gasteiger partial charge in [0.25, 0.3) is 0 Å². The molecule has 0 saturated carbocycles. The van der Waals surface area contributed by atoms with Gasteiger partial charge in [-0.1, -0.05) is 24.3 Å². The number of nitriles is 1. The molecule has 0 heterocycles. The van der Waals surface area contributed by atoms with E-state index in [9.17, 15) is 4.79 Å². The van der Waals surface area contributed by atoms with Crippen LogP contribution in [0, 0.1) is 11.3 Å². The van der Waals surface area contributed by atoms with Gasteiger partial charge in [0, 0.05) is 23.4 Å². The van der Waals surface area contributed by atoms with Crippen LogP contribution >= 0.6 is 0 Å². The predicted octanol–water partition coefficient (Wildman–Crippen LogP) is 2.67. The Balaban J connectivity index is 2.70. The summed E-state index contributed by atoms with van der Waals surface area (Å²) in [5.41, 5.74) is 1.35. The van der Waals surface area contributed by atoms with E-state index in [1.807, 2.05) is 24.3 Å². The molecule has 2 aromatic rings. The minimum absolute atomic E-state index is 0.116. The smallest absolute Gasteiger partial charge is 0.221 e. The van der Waals surface area contributed by atoms with Crippen LogP contribution in [0.1, 0.15) is 12.5 Å². The van der Waals surface area contributed by atoms with Crippen LogP contribution in [-0.2, 0) is 4.79 Å². The Morgan fingerprint density at radius 1 is 1.19 bits per heavy atom. The number of hydrogen-bond acceptors (Lipinski definition) is 2. The van der Waals surface area contributed by atoms with E-state index in [0.29, 0.717) is 5.56 Å². The van der Waals surface area contributed by atoms with Crippen molar-refractivity contribution < 1.29 is 4.79 Å². The Bertz CT molecular complexity index is 596. The van der Waals surface area contributed by atoms with E-state index in [1.165, 1.54) is 6.92 Å². The average Bonchev–Trinajstić information content (AvgIpc) is 2.29. The topological polar surface area (TPSA) is 52.9 Å². The molecule has 1 amide bonds. The van der Waals surface area contributed by atoms with Crippen LogP contribution in [0.25, 0.3) is 10.8 Å². The SMILES string of the molecule is CC(=O)Nc1ccc(C#N)c2ccccc12. The van der Waals surface area contributed by atoms with Gasteiger partial charge in [-0.25, -0.2) is 0 Å². The molecule has 0 aliphatic carbocycles. The second-order valence-corrected chi connectivity index (χ2v) is 3.50. The number of fused-ring (bicyclic) bond motifs is 1. The van der Waals surface area contributed by atoms with Crippen molar-refractivity contribution in [1.29, 1.82) is 5.26 Å². The van der Waals surface area contributed by atoms with Crippen molar-refractivity contribution in [3.63, 3.8) is 0 Å². The number of anilines is 1. The lowest BCUT2D eigenvalue weighted by Crippen LogP contribution is -2.06. The second-order valence-electron chi connectivity index (χ2n) is 3.50. The van der Waals surface area contributed by atoms with Crippen molar-refractivity contribution in [2.75, 3.05) is 5.32 Å². The minimum atomic E-state index is -0.116. The van der Waals surface area contributed by atoms with Gasteiger partial charge in [-0.15, -0.1) is 0 Å². The van der Waals surface area contributed by atoms with Gasteiger partial charge in [-0.05, 0) is 12.1 Å². The zero-order valence-electron chi connectivity index (χ0n) is 8.82. The number of hydrogen-bond donors (Lipinski definition) is 1. The van der Waals surface area contributed by atoms with Crippen molar-refractivity contribution in [2.24, 2.45) is 0 Å². The first-order valence-electron chi connectivity index (χ1n) is 4.92. The van der Waals surface area contributed by atoms with Gasteiger partial charge in [0.15, 0.2) is 0 Å². The molecule has 16 heavy (non-hydrogen) atoms. The number of nitrogens with one attached hydrogen (secondary N) is 1. The monoisotopic (exact) mass is 210 g/mol. The van der Waals surface area contributed by atoms with Gasteiger partial charge < -0.3 is 5.32 Å². The summed E-state index contributed by atoms with van der Waals surface area (Å²) in [6.45, 7) is 1.47. The normalized spacial score (nSPS) is 9.75. The molecule has 3 nitrogen and oxygen atoms in total. The molecule has 0 fully saturated rings. The third-order valence-corrected chi connectivity index (χ3v) is 2.36. The van der Waals surface area contributed by atoms with Crippen LogP contribution in [0.5, 0.6) is 0 Å². The molecule has 0 atom stereocenters. The third kappa shape index (κ3) is 1.73. The van der Waals surface area contributed by atoms with E-state index < -0.39 is 0 Å². The van der Waals surface area contributed by atoms with Gasteiger partial charge in [-0.2, -0.15) is 5.26 Å². The predicted molar refractivity (Wildman–Crippen MR) is 63.0 cm³/mol. The van der Waals surface area contributed by atoms with Crippen LogP contribution in [-0.4, -0.2) is 5.91 Å². The fourth-order valence-electron chi connectivity index (χ4n) is 1.70.